The first-order chi connectivity index (χ1) is 6.96. The van der Waals surface area contributed by atoms with Gasteiger partial charge in [-0.25, -0.2) is 0 Å². The van der Waals surface area contributed by atoms with Crippen molar-refractivity contribution in [1.29, 1.82) is 0 Å². The van der Waals surface area contributed by atoms with Crippen molar-refractivity contribution in [3.63, 3.8) is 0 Å². The highest BCUT2D eigenvalue weighted by molar-refractivity contribution is 6.09. The Balaban J connectivity index is 2.77. The summed E-state index contributed by atoms with van der Waals surface area (Å²) in [5.74, 6) is 0.237. The lowest BCUT2D eigenvalue weighted by Gasteiger charge is -2.32. The largest absolute Gasteiger partial charge is 0.293 e. The van der Waals surface area contributed by atoms with E-state index in [1.165, 1.54) is 11.1 Å². The zero-order chi connectivity index (χ0) is 11.2. The molecule has 0 atom stereocenters. The summed E-state index contributed by atoms with van der Waals surface area (Å²) in [6.45, 7) is 8.17. The van der Waals surface area contributed by atoms with Crippen molar-refractivity contribution in [1.82, 2.24) is 0 Å². The summed E-state index contributed by atoms with van der Waals surface area (Å²) < 4.78 is 0. The number of carbonyl (C=O) groups excluding carboxylic acids is 1. The van der Waals surface area contributed by atoms with Crippen LogP contribution in [0.1, 0.15) is 43.6 Å². The van der Waals surface area contributed by atoms with Gasteiger partial charge in [0, 0.05) is 11.0 Å². The maximum Gasteiger partial charge on any atom is 0.173 e. The lowest BCUT2D eigenvalue weighted by molar-refractivity contribution is 0.0872. The molecule has 1 nitrogen and oxygen atoms in total. The van der Waals surface area contributed by atoms with Gasteiger partial charge in [-0.1, -0.05) is 29.8 Å². The molecule has 78 valence electrons. The molecule has 0 fully saturated rings. The van der Waals surface area contributed by atoms with E-state index < -0.39 is 0 Å². The molecule has 1 aliphatic carbocycles. The minimum absolute atomic E-state index is 0.237. The highest BCUT2D eigenvalue weighted by Crippen LogP contribution is 2.41. The molecule has 0 aromatic heterocycles. The summed E-state index contributed by atoms with van der Waals surface area (Å²) in [4.78, 5) is 12.3. The Morgan fingerprint density at radius 2 is 1.53 bits per heavy atom. The van der Waals surface area contributed by atoms with Gasteiger partial charge >= 0.3 is 0 Å². The van der Waals surface area contributed by atoms with E-state index in [9.17, 15) is 4.79 Å². The second kappa shape index (κ2) is 3.06. The first-order valence-electron chi connectivity index (χ1n) is 5.28. The Labute approximate surface area is 90.8 Å². The van der Waals surface area contributed by atoms with Crippen LogP contribution in [0.25, 0.3) is 5.57 Å². The predicted molar refractivity (Wildman–Crippen MR) is 62.8 cm³/mol. The normalized spacial score (nSPS) is 19.1. The molecule has 0 N–H and O–H groups in total. The van der Waals surface area contributed by atoms with Crippen LogP contribution >= 0.6 is 0 Å². The third kappa shape index (κ3) is 1.26. The molecule has 1 heteroatoms. The van der Waals surface area contributed by atoms with E-state index >= 15 is 0 Å². The van der Waals surface area contributed by atoms with Crippen molar-refractivity contribution >= 4 is 11.4 Å². The number of allylic oxidation sites excluding steroid dienone is 2. The maximum absolute atomic E-state index is 12.3. The van der Waals surface area contributed by atoms with Crippen LogP contribution < -0.4 is 0 Å². The highest BCUT2D eigenvalue weighted by atomic mass is 16.1. The third-order valence-electron chi connectivity index (χ3n) is 3.64. The molecule has 1 aromatic carbocycles. The van der Waals surface area contributed by atoms with Crippen LogP contribution in [0.5, 0.6) is 0 Å². The zero-order valence-corrected chi connectivity index (χ0v) is 9.72. The average Bonchev–Trinajstić information content (AvgIpc) is 2.24. The fourth-order valence-electron chi connectivity index (χ4n) is 2.19. The molecule has 0 unspecified atom stereocenters. The van der Waals surface area contributed by atoms with Crippen molar-refractivity contribution in [2.45, 2.75) is 27.7 Å². The molecular formula is C14H16O. The highest BCUT2D eigenvalue weighted by Gasteiger charge is 2.36. The van der Waals surface area contributed by atoms with Gasteiger partial charge in [-0.2, -0.15) is 0 Å². The fraction of sp³-hybridized carbons (Fsp3) is 0.357. The summed E-state index contributed by atoms with van der Waals surface area (Å²) in [6, 6.07) is 7.87. The second-order valence-electron chi connectivity index (χ2n) is 4.75. The SMILES string of the molecule is CC1=C(C)C(C)(C)C(=O)c2ccccc21. The summed E-state index contributed by atoms with van der Waals surface area (Å²) >= 11 is 0. The Morgan fingerprint density at radius 1 is 1.00 bits per heavy atom. The first kappa shape index (κ1) is 10.2. The number of carbonyl (C=O) groups is 1. The molecule has 0 spiro atoms. The van der Waals surface area contributed by atoms with Crippen molar-refractivity contribution in [3.8, 4) is 0 Å². The van der Waals surface area contributed by atoms with Gasteiger partial charge in [0.1, 0.15) is 0 Å². The molecule has 2 rings (SSSR count). The molecule has 0 aliphatic heterocycles. The van der Waals surface area contributed by atoms with Gasteiger partial charge < -0.3 is 0 Å². The van der Waals surface area contributed by atoms with Gasteiger partial charge in [-0.15, -0.1) is 0 Å². The molecule has 15 heavy (non-hydrogen) atoms. The van der Waals surface area contributed by atoms with Crippen molar-refractivity contribution in [2.24, 2.45) is 5.41 Å². The van der Waals surface area contributed by atoms with Gasteiger partial charge in [0.05, 0.1) is 0 Å². The molecular weight excluding hydrogens is 184 g/mol. The number of ketones is 1. The molecule has 1 aromatic rings. The van der Waals surface area contributed by atoms with Gasteiger partial charge in [0.15, 0.2) is 5.78 Å². The third-order valence-corrected chi connectivity index (χ3v) is 3.64. The van der Waals surface area contributed by atoms with Crippen LogP contribution in [0, 0.1) is 5.41 Å². The predicted octanol–water partition coefficient (Wildman–Crippen LogP) is 3.70. The summed E-state index contributed by atoms with van der Waals surface area (Å²) in [5.41, 5.74) is 4.05. The van der Waals surface area contributed by atoms with E-state index in [4.69, 9.17) is 0 Å². The molecule has 0 amide bonds. The van der Waals surface area contributed by atoms with Gasteiger partial charge in [-0.05, 0) is 38.8 Å². The summed E-state index contributed by atoms with van der Waals surface area (Å²) in [6.07, 6.45) is 0. The number of benzene rings is 1. The van der Waals surface area contributed by atoms with Gasteiger partial charge in [0.25, 0.3) is 0 Å². The topological polar surface area (TPSA) is 17.1 Å². The van der Waals surface area contributed by atoms with Crippen LogP contribution in [-0.2, 0) is 0 Å². The summed E-state index contributed by atoms with van der Waals surface area (Å²) in [7, 11) is 0. The molecule has 0 heterocycles. The Kier molecular flexibility index (Phi) is 2.07. The summed E-state index contributed by atoms with van der Waals surface area (Å²) in [5, 5.41) is 0. The standard InChI is InChI=1S/C14H16O/c1-9-10(2)14(3,4)13(15)12-8-6-5-7-11(9)12/h5-8H,1-4H3. The zero-order valence-electron chi connectivity index (χ0n) is 9.72. The number of hydrogen-bond acceptors (Lipinski definition) is 1. The minimum Gasteiger partial charge on any atom is -0.293 e. The number of Topliss-reactive ketones (excluding diaryl/α,β-unsaturated/α-hetero) is 1. The number of hydrogen-bond donors (Lipinski definition) is 0. The molecule has 0 bridgehead atoms. The van der Waals surface area contributed by atoms with Crippen molar-refractivity contribution < 1.29 is 4.79 Å². The molecule has 0 saturated heterocycles. The van der Waals surface area contributed by atoms with E-state index in [2.05, 4.69) is 13.8 Å². The molecule has 0 saturated carbocycles. The maximum atomic E-state index is 12.3. The average molecular weight is 200 g/mol. The van der Waals surface area contributed by atoms with Crippen LogP contribution in [0.15, 0.2) is 29.8 Å². The van der Waals surface area contributed by atoms with E-state index in [0.29, 0.717) is 0 Å². The van der Waals surface area contributed by atoms with E-state index in [1.807, 2.05) is 38.1 Å². The fourth-order valence-corrected chi connectivity index (χ4v) is 2.19. The van der Waals surface area contributed by atoms with Crippen LogP contribution in [-0.4, -0.2) is 5.78 Å². The van der Waals surface area contributed by atoms with Crippen LogP contribution in [0.2, 0.25) is 0 Å². The van der Waals surface area contributed by atoms with E-state index in [-0.39, 0.29) is 11.2 Å². The van der Waals surface area contributed by atoms with Crippen LogP contribution in [0.4, 0.5) is 0 Å². The van der Waals surface area contributed by atoms with Crippen molar-refractivity contribution in [2.75, 3.05) is 0 Å². The molecule has 0 radical (unpaired) electrons. The lowest BCUT2D eigenvalue weighted by Crippen LogP contribution is -2.30. The quantitative estimate of drug-likeness (QED) is 0.624. The van der Waals surface area contributed by atoms with E-state index in [1.54, 1.807) is 0 Å². The first-order valence-corrected chi connectivity index (χ1v) is 5.28. The Hall–Kier alpha value is -1.37. The second-order valence-corrected chi connectivity index (χ2v) is 4.75. The van der Waals surface area contributed by atoms with Crippen molar-refractivity contribution in [3.05, 3.63) is 41.0 Å². The minimum atomic E-state index is -0.349. The molecule has 1 aliphatic rings. The smallest absolute Gasteiger partial charge is 0.173 e. The lowest BCUT2D eigenvalue weighted by atomic mass is 9.70. The van der Waals surface area contributed by atoms with Gasteiger partial charge in [-0.3, -0.25) is 4.79 Å². The van der Waals surface area contributed by atoms with Crippen LogP contribution in [0.3, 0.4) is 0 Å². The number of rotatable bonds is 0. The number of fused-ring (bicyclic) bond motifs is 1. The van der Waals surface area contributed by atoms with E-state index in [0.717, 1.165) is 11.1 Å². The Morgan fingerprint density at radius 3 is 2.13 bits per heavy atom. The Bertz CT molecular complexity index is 464. The monoisotopic (exact) mass is 200 g/mol. The van der Waals surface area contributed by atoms with Gasteiger partial charge in [0.2, 0.25) is 0 Å².